The number of nitrogens with one attached hydrogen (secondary N) is 1. The minimum absolute atomic E-state index is 0.208. The number of carbonyl (C=O) groups excluding carboxylic acids is 1. The van der Waals surface area contributed by atoms with Crippen LogP contribution in [0.5, 0.6) is 17.2 Å². The first kappa shape index (κ1) is 24.9. The summed E-state index contributed by atoms with van der Waals surface area (Å²) in [7, 11) is 1.58. The van der Waals surface area contributed by atoms with Gasteiger partial charge in [0.05, 0.1) is 24.4 Å². The molecule has 180 valence electrons. The number of amides is 1. The zero-order chi connectivity index (χ0) is 24.9. The molecule has 1 fully saturated rings. The highest BCUT2D eigenvalue weighted by Crippen LogP contribution is 2.30. The smallest absolute Gasteiger partial charge is 0.281 e. The summed E-state index contributed by atoms with van der Waals surface area (Å²) in [6.07, 6.45) is 1.74. The highest BCUT2D eigenvalue weighted by Gasteiger charge is 2.32. The van der Waals surface area contributed by atoms with Crippen molar-refractivity contribution in [1.82, 2.24) is 5.32 Å². The second kappa shape index (κ2) is 11.0. The van der Waals surface area contributed by atoms with Crippen molar-refractivity contribution in [2.45, 2.75) is 13.5 Å². The SMILES string of the molecule is CCOc1ccc(N2C(=O)/C(=C\c3ccc(OC)c(COc4ccc(Cl)cc4Cl)c3)NC2=S)cc1. The molecule has 4 rings (SSSR count). The van der Waals surface area contributed by atoms with E-state index in [1.54, 1.807) is 55.7 Å². The number of methoxy groups -OCH3 is 1. The van der Waals surface area contributed by atoms with Crippen LogP contribution >= 0.6 is 35.4 Å². The van der Waals surface area contributed by atoms with Crippen molar-refractivity contribution >= 4 is 58.2 Å². The second-order valence-electron chi connectivity index (χ2n) is 7.49. The molecule has 0 aliphatic carbocycles. The van der Waals surface area contributed by atoms with E-state index in [1.165, 1.54) is 4.90 Å². The van der Waals surface area contributed by atoms with Gasteiger partial charge in [0.2, 0.25) is 0 Å². The maximum Gasteiger partial charge on any atom is 0.281 e. The Kier molecular flexibility index (Phi) is 7.80. The van der Waals surface area contributed by atoms with E-state index in [2.05, 4.69) is 5.32 Å². The fourth-order valence-electron chi connectivity index (χ4n) is 3.54. The summed E-state index contributed by atoms with van der Waals surface area (Å²) in [5, 5.41) is 4.25. The number of hydrogen-bond donors (Lipinski definition) is 1. The van der Waals surface area contributed by atoms with Gasteiger partial charge in [-0.3, -0.25) is 9.69 Å². The molecular weight excluding hydrogens is 507 g/mol. The Hall–Kier alpha value is -3.26. The number of nitrogens with zero attached hydrogens (tertiary/aromatic N) is 1. The van der Waals surface area contributed by atoms with E-state index in [0.717, 1.165) is 16.9 Å². The van der Waals surface area contributed by atoms with Crippen molar-refractivity contribution in [1.29, 1.82) is 0 Å². The third kappa shape index (κ3) is 5.70. The van der Waals surface area contributed by atoms with Crippen molar-refractivity contribution in [3.63, 3.8) is 0 Å². The number of rotatable bonds is 8. The van der Waals surface area contributed by atoms with Crippen LogP contribution in [0.25, 0.3) is 6.08 Å². The predicted octanol–water partition coefficient (Wildman–Crippen LogP) is 6.24. The van der Waals surface area contributed by atoms with E-state index < -0.39 is 0 Å². The monoisotopic (exact) mass is 528 g/mol. The molecule has 1 amide bonds. The predicted molar refractivity (Wildman–Crippen MR) is 143 cm³/mol. The fraction of sp³-hybridized carbons (Fsp3) is 0.154. The number of thiocarbonyl (C=S) groups is 1. The number of anilines is 1. The van der Waals surface area contributed by atoms with Gasteiger partial charge in [-0.15, -0.1) is 0 Å². The van der Waals surface area contributed by atoms with Crippen LogP contribution in [0.15, 0.2) is 66.4 Å². The molecule has 0 saturated carbocycles. The van der Waals surface area contributed by atoms with Gasteiger partial charge in [-0.2, -0.15) is 0 Å². The first-order chi connectivity index (χ1) is 16.9. The van der Waals surface area contributed by atoms with E-state index in [4.69, 9.17) is 49.6 Å². The molecule has 0 atom stereocenters. The maximum absolute atomic E-state index is 13.1. The van der Waals surface area contributed by atoms with Crippen LogP contribution in [0, 0.1) is 0 Å². The molecule has 9 heteroatoms. The first-order valence-electron chi connectivity index (χ1n) is 10.7. The summed E-state index contributed by atoms with van der Waals surface area (Å²) in [6.45, 7) is 2.69. The van der Waals surface area contributed by atoms with Gasteiger partial charge in [-0.25, -0.2) is 0 Å². The summed E-state index contributed by atoms with van der Waals surface area (Å²) in [5.41, 5.74) is 2.58. The average molecular weight is 529 g/mol. The molecule has 1 aliphatic rings. The van der Waals surface area contributed by atoms with E-state index in [1.807, 2.05) is 25.1 Å². The number of hydrogen-bond acceptors (Lipinski definition) is 5. The Bertz CT molecular complexity index is 1300. The summed E-state index contributed by atoms with van der Waals surface area (Å²) in [5.74, 6) is 1.63. The summed E-state index contributed by atoms with van der Waals surface area (Å²) in [6, 6.07) is 17.8. The van der Waals surface area contributed by atoms with Gasteiger partial charge >= 0.3 is 0 Å². The lowest BCUT2D eigenvalue weighted by atomic mass is 10.1. The van der Waals surface area contributed by atoms with Gasteiger partial charge in [-0.05, 0) is 85.4 Å². The van der Waals surface area contributed by atoms with Gasteiger partial charge < -0.3 is 19.5 Å². The molecule has 1 heterocycles. The van der Waals surface area contributed by atoms with Crippen LogP contribution in [0.3, 0.4) is 0 Å². The van der Waals surface area contributed by atoms with Crippen LogP contribution < -0.4 is 24.4 Å². The number of benzene rings is 3. The first-order valence-corrected chi connectivity index (χ1v) is 11.9. The highest BCUT2D eigenvalue weighted by atomic mass is 35.5. The number of carbonyl (C=O) groups is 1. The zero-order valence-electron chi connectivity index (χ0n) is 19.0. The molecule has 0 radical (unpaired) electrons. The van der Waals surface area contributed by atoms with Gasteiger partial charge in [0.25, 0.3) is 5.91 Å². The molecule has 3 aromatic rings. The molecular formula is C26H22Cl2N2O4S. The molecule has 1 saturated heterocycles. The minimum Gasteiger partial charge on any atom is -0.496 e. The second-order valence-corrected chi connectivity index (χ2v) is 8.72. The van der Waals surface area contributed by atoms with Crippen molar-refractivity contribution < 1.29 is 19.0 Å². The van der Waals surface area contributed by atoms with Crippen LogP contribution in [-0.4, -0.2) is 24.7 Å². The Morgan fingerprint density at radius 3 is 2.43 bits per heavy atom. The highest BCUT2D eigenvalue weighted by molar-refractivity contribution is 7.80. The van der Waals surface area contributed by atoms with Crippen LogP contribution in [0.1, 0.15) is 18.1 Å². The Morgan fingerprint density at radius 1 is 1.00 bits per heavy atom. The minimum atomic E-state index is -0.249. The lowest BCUT2D eigenvalue weighted by Crippen LogP contribution is -2.30. The normalized spacial score (nSPS) is 14.3. The quantitative estimate of drug-likeness (QED) is 0.275. The van der Waals surface area contributed by atoms with Crippen LogP contribution in [0.2, 0.25) is 10.0 Å². The van der Waals surface area contributed by atoms with E-state index in [9.17, 15) is 4.79 Å². The maximum atomic E-state index is 13.1. The molecule has 1 N–H and O–H groups in total. The third-order valence-corrected chi connectivity index (χ3v) is 5.99. The van der Waals surface area contributed by atoms with E-state index in [0.29, 0.717) is 44.6 Å². The molecule has 0 aromatic heterocycles. The molecule has 3 aromatic carbocycles. The Labute approximate surface area is 219 Å². The van der Waals surface area contributed by atoms with Crippen molar-refractivity contribution in [3.8, 4) is 17.2 Å². The van der Waals surface area contributed by atoms with Crippen molar-refractivity contribution in [3.05, 3.63) is 87.5 Å². The lowest BCUT2D eigenvalue weighted by Gasteiger charge is -2.14. The van der Waals surface area contributed by atoms with Crippen LogP contribution in [0.4, 0.5) is 5.69 Å². The fourth-order valence-corrected chi connectivity index (χ4v) is 4.30. The zero-order valence-corrected chi connectivity index (χ0v) is 21.3. The van der Waals surface area contributed by atoms with Gasteiger partial charge in [0.15, 0.2) is 5.11 Å². The summed E-state index contributed by atoms with van der Waals surface area (Å²) in [4.78, 5) is 14.6. The number of ether oxygens (including phenoxy) is 3. The molecule has 0 spiro atoms. The van der Waals surface area contributed by atoms with Crippen molar-refractivity contribution in [2.24, 2.45) is 0 Å². The summed E-state index contributed by atoms with van der Waals surface area (Å²) >= 11 is 17.6. The van der Waals surface area contributed by atoms with Gasteiger partial charge in [0.1, 0.15) is 29.6 Å². The van der Waals surface area contributed by atoms with E-state index in [-0.39, 0.29) is 12.5 Å². The molecule has 0 bridgehead atoms. The Morgan fingerprint density at radius 2 is 1.74 bits per heavy atom. The van der Waals surface area contributed by atoms with E-state index >= 15 is 0 Å². The topological polar surface area (TPSA) is 60.0 Å². The van der Waals surface area contributed by atoms with Crippen molar-refractivity contribution in [2.75, 3.05) is 18.6 Å². The van der Waals surface area contributed by atoms with Crippen LogP contribution in [-0.2, 0) is 11.4 Å². The third-order valence-electron chi connectivity index (χ3n) is 5.18. The largest absolute Gasteiger partial charge is 0.496 e. The Balaban J connectivity index is 1.54. The molecule has 6 nitrogen and oxygen atoms in total. The number of halogens is 2. The average Bonchev–Trinajstić information content (AvgIpc) is 3.12. The van der Waals surface area contributed by atoms with Gasteiger partial charge in [0, 0.05) is 10.6 Å². The molecule has 1 aliphatic heterocycles. The molecule has 0 unspecified atom stereocenters. The summed E-state index contributed by atoms with van der Waals surface area (Å²) < 4.78 is 16.8. The lowest BCUT2D eigenvalue weighted by molar-refractivity contribution is -0.113. The standard InChI is InChI=1S/C26H22Cl2N2O4S/c1-3-33-20-8-6-19(7-9-20)30-25(31)22(29-26(30)35)13-16-4-10-23(32-2)17(12-16)15-34-24-11-5-18(27)14-21(24)28/h4-14H,3,15H2,1-2H3,(H,29,35)/b22-13+. The van der Waals surface area contributed by atoms with Gasteiger partial charge in [-0.1, -0.05) is 29.3 Å². The molecule has 35 heavy (non-hydrogen) atoms.